The van der Waals surface area contributed by atoms with Crippen LogP contribution in [0.5, 0.6) is 0 Å². The van der Waals surface area contributed by atoms with E-state index in [0.29, 0.717) is 32.0 Å². The van der Waals surface area contributed by atoms with Gasteiger partial charge in [0.1, 0.15) is 5.82 Å². The number of carbonyl (C=O) groups is 1. The summed E-state index contributed by atoms with van der Waals surface area (Å²) >= 11 is 0. The van der Waals surface area contributed by atoms with Gasteiger partial charge < -0.3 is 15.5 Å². The van der Waals surface area contributed by atoms with Crippen molar-refractivity contribution in [3.05, 3.63) is 35.6 Å². The van der Waals surface area contributed by atoms with Crippen LogP contribution in [-0.4, -0.2) is 44.0 Å². The number of carbonyl (C=O) groups excluding carboxylic acids is 1. The molecule has 7 heteroatoms. The summed E-state index contributed by atoms with van der Waals surface area (Å²) in [5.74, 6) is 1.22. The molecule has 1 fully saturated rings. The number of nitrogens with one attached hydrogen (secondary N) is 2. The summed E-state index contributed by atoms with van der Waals surface area (Å²) in [7, 11) is 3.65. The highest BCUT2D eigenvalue weighted by molar-refractivity contribution is 14.0. The van der Waals surface area contributed by atoms with Gasteiger partial charge in [-0.1, -0.05) is 25.0 Å². The lowest BCUT2D eigenvalue weighted by molar-refractivity contribution is -0.121. The number of hydrogen-bond donors (Lipinski definition) is 2. The van der Waals surface area contributed by atoms with Crippen LogP contribution < -0.4 is 10.6 Å². The van der Waals surface area contributed by atoms with Gasteiger partial charge >= 0.3 is 0 Å². The van der Waals surface area contributed by atoms with Crippen LogP contribution in [-0.2, 0) is 11.3 Å². The highest BCUT2D eigenvalue weighted by Crippen LogP contribution is 2.27. The molecule has 1 saturated carbocycles. The predicted octanol–water partition coefficient (Wildman–Crippen LogP) is 3.15. The number of halogens is 2. The van der Waals surface area contributed by atoms with Gasteiger partial charge in [0.05, 0.1) is 0 Å². The Bertz CT molecular complexity index is 573. The summed E-state index contributed by atoms with van der Waals surface area (Å²) in [6.45, 7) is 1.83. The molecule has 1 aromatic rings. The van der Waals surface area contributed by atoms with Crippen molar-refractivity contribution in [1.82, 2.24) is 15.5 Å². The van der Waals surface area contributed by atoms with Crippen molar-refractivity contribution in [3.63, 3.8) is 0 Å². The SMILES string of the molecule is CN=C(NCCNC(=O)CC1CCCC1)N(C)Cc1ccc(F)cc1.I. The molecule has 2 N–H and O–H groups in total. The van der Waals surface area contributed by atoms with E-state index in [2.05, 4.69) is 15.6 Å². The van der Waals surface area contributed by atoms with Crippen LogP contribution >= 0.6 is 24.0 Å². The highest BCUT2D eigenvalue weighted by atomic mass is 127. The first-order chi connectivity index (χ1) is 12.1. The molecule has 1 amide bonds. The molecular formula is C19H30FIN4O. The van der Waals surface area contributed by atoms with Gasteiger partial charge in [-0.25, -0.2) is 4.39 Å². The van der Waals surface area contributed by atoms with E-state index in [9.17, 15) is 9.18 Å². The van der Waals surface area contributed by atoms with E-state index in [0.717, 1.165) is 11.5 Å². The average molecular weight is 476 g/mol. The Morgan fingerprint density at radius 3 is 2.42 bits per heavy atom. The Morgan fingerprint density at radius 1 is 1.19 bits per heavy atom. The summed E-state index contributed by atoms with van der Waals surface area (Å²) in [5.41, 5.74) is 1.01. The van der Waals surface area contributed by atoms with Gasteiger partial charge in [0.25, 0.3) is 0 Å². The van der Waals surface area contributed by atoms with Crippen LogP contribution in [0.2, 0.25) is 0 Å². The van der Waals surface area contributed by atoms with Crippen molar-refractivity contribution >= 4 is 35.8 Å². The topological polar surface area (TPSA) is 56.7 Å². The highest BCUT2D eigenvalue weighted by Gasteiger charge is 2.18. The third-order valence-corrected chi connectivity index (χ3v) is 4.59. The number of amides is 1. The number of guanidine groups is 1. The van der Waals surface area contributed by atoms with Gasteiger partial charge in [0.2, 0.25) is 5.91 Å². The fraction of sp³-hybridized carbons (Fsp3) is 0.579. The first kappa shape index (κ1) is 22.7. The Kier molecular flexibility index (Phi) is 10.5. The molecule has 0 aromatic heterocycles. The molecule has 5 nitrogen and oxygen atoms in total. The second-order valence-corrected chi connectivity index (χ2v) is 6.66. The maximum atomic E-state index is 13.0. The summed E-state index contributed by atoms with van der Waals surface area (Å²) in [4.78, 5) is 18.1. The number of hydrogen-bond acceptors (Lipinski definition) is 2. The van der Waals surface area contributed by atoms with E-state index in [4.69, 9.17) is 0 Å². The third-order valence-electron chi connectivity index (χ3n) is 4.59. The standard InChI is InChI=1S/C19H29FN4O.HI/c1-21-19(24(2)14-16-7-9-17(20)10-8-16)23-12-11-22-18(25)13-15-5-3-4-6-15;/h7-10,15H,3-6,11-14H2,1-2H3,(H,21,23)(H,22,25);1H. The van der Waals surface area contributed by atoms with Crippen LogP contribution in [0.3, 0.4) is 0 Å². The minimum Gasteiger partial charge on any atom is -0.354 e. The predicted molar refractivity (Wildman–Crippen MR) is 114 cm³/mol. The second kappa shape index (κ2) is 12.1. The Balaban J connectivity index is 0.00000338. The molecule has 1 aliphatic rings. The van der Waals surface area contributed by atoms with Gasteiger partial charge in [-0.05, 0) is 36.5 Å². The van der Waals surface area contributed by atoms with Gasteiger partial charge in [0, 0.05) is 40.2 Å². The summed E-state index contributed by atoms with van der Waals surface area (Å²) < 4.78 is 13.0. The fourth-order valence-electron chi connectivity index (χ4n) is 3.25. The average Bonchev–Trinajstić information content (AvgIpc) is 3.09. The third kappa shape index (κ3) is 7.88. The molecule has 1 aromatic carbocycles. The number of aliphatic imine (C=N–C) groups is 1. The van der Waals surface area contributed by atoms with Crippen LogP contribution in [0.1, 0.15) is 37.7 Å². The number of rotatable bonds is 7. The summed E-state index contributed by atoms with van der Waals surface area (Å²) in [5, 5.41) is 6.20. The van der Waals surface area contributed by atoms with Crippen molar-refractivity contribution in [2.45, 2.75) is 38.6 Å². The van der Waals surface area contributed by atoms with Crippen LogP contribution in [0, 0.1) is 11.7 Å². The smallest absolute Gasteiger partial charge is 0.220 e. The van der Waals surface area contributed by atoms with Crippen LogP contribution in [0.25, 0.3) is 0 Å². The second-order valence-electron chi connectivity index (χ2n) is 6.66. The first-order valence-corrected chi connectivity index (χ1v) is 9.01. The molecule has 0 spiro atoms. The van der Waals surface area contributed by atoms with Crippen molar-refractivity contribution in [2.75, 3.05) is 27.2 Å². The van der Waals surface area contributed by atoms with E-state index in [-0.39, 0.29) is 35.7 Å². The van der Waals surface area contributed by atoms with Crippen molar-refractivity contribution in [2.24, 2.45) is 10.9 Å². The largest absolute Gasteiger partial charge is 0.354 e. The molecule has 0 saturated heterocycles. The van der Waals surface area contributed by atoms with Crippen molar-refractivity contribution < 1.29 is 9.18 Å². The van der Waals surface area contributed by atoms with E-state index in [1.807, 2.05) is 11.9 Å². The molecular weight excluding hydrogens is 446 g/mol. The maximum absolute atomic E-state index is 13.0. The van der Waals surface area contributed by atoms with Gasteiger partial charge in [-0.15, -0.1) is 24.0 Å². The van der Waals surface area contributed by atoms with Gasteiger partial charge in [-0.3, -0.25) is 9.79 Å². The molecule has 1 aliphatic carbocycles. The zero-order chi connectivity index (χ0) is 18.1. The zero-order valence-corrected chi connectivity index (χ0v) is 18.0. The molecule has 0 unspecified atom stereocenters. The zero-order valence-electron chi connectivity index (χ0n) is 15.6. The molecule has 0 heterocycles. The Hall–Kier alpha value is -1.38. The van der Waals surface area contributed by atoms with E-state index in [1.54, 1.807) is 19.2 Å². The minimum atomic E-state index is -0.234. The number of nitrogens with zero attached hydrogens (tertiary/aromatic N) is 2. The lowest BCUT2D eigenvalue weighted by Gasteiger charge is -2.22. The van der Waals surface area contributed by atoms with E-state index < -0.39 is 0 Å². The number of benzene rings is 1. The first-order valence-electron chi connectivity index (χ1n) is 9.01. The van der Waals surface area contributed by atoms with Crippen LogP contribution in [0.4, 0.5) is 4.39 Å². The maximum Gasteiger partial charge on any atom is 0.220 e. The fourth-order valence-corrected chi connectivity index (χ4v) is 3.25. The van der Waals surface area contributed by atoms with Crippen molar-refractivity contribution in [3.8, 4) is 0 Å². The van der Waals surface area contributed by atoms with Crippen molar-refractivity contribution in [1.29, 1.82) is 0 Å². The summed E-state index contributed by atoms with van der Waals surface area (Å²) in [6.07, 6.45) is 5.55. The Labute approximate surface area is 172 Å². The molecule has 2 rings (SSSR count). The van der Waals surface area contributed by atoms with E-state index in [1.165, 1.54) is 37.8 Å². The monoisotopic (exact) mass is 476 g/mol. The molecule has 0 aliphatic heterocycles. The van der Waals surface area contributed by atoms with Gasteiger partial charge in [-0.2, -0.15) is 0 Å². The lowest BCUT2D eigenvalue weighted by Crippen LogP contribution is -2.42. The van der Waals surface area contributed by atoms with Crippen LogP contribution in [0.15, 0.2) is 29.3 Å². The van der Waals surface area contributed by atoms with Gasteiger partial charge in [0.15, 0.2) is 5.96 Å². The minimum absolute atomic E-state index is 0. The molecule has 146 valence electrons. The summed E-state index contributed by atoms with van der Waals surface area (Å²) in [6, 6.07) is 6.45. The molecule has 26 heavy (non-hydrogen) atoms. The Morgan fingerprint density at radius 2 is 1.81 bits per heavy atom. The molecule has 0 radical (unpaired) electrons. The molecule has 0 atom stereocenters. The normalized spacial score (nSPS) is 14.7. The quantitative estimate of drug-likeness (QED) is 0.275. The van der Waals surface area contributed by atoms with E-state index >= 15 is 0 Å². The molecule has 0 bridgehead atoms. The lowest BCUT2D eigenvalue weighted by atomic mass is 10.0.